The fraction of sp³-hybridized carbons (Fsp3) is 0.700. The summed E-state index contributed by atoms with van der Waals surface area (Å²) in [5, 5.41) is 11.5. The number of hydrogen-bond acceptors (Lipinski definition) is 6. The Labute approximate surface area is 200 Å². The van der Waals surface area contributed by atoms with Crippen LogP contribution in [0.3, 0.4) is 0 Å². The Bertz CT molecular complexity index is 673. The summed E-state index contributed by atoms with van der Waals surface area (Å²) in [6.07, 6.45) is 0.917. The number of ether oxygens (including phenoxy) is 2. The van der Waals surface area contributed by atoms with Crippen LogP contribution in [0.1, 0.15) is 44.6 Å². The zero-order valence-electron chi connectivity index (χ0n) is 18.4. The Balaban J connectivity index is 1.88. The van der Waals surface area contributed by atoms with Crippen LogP contribution in [0.2, 0.25) is 0 Å². The minimum atomic E-state index is -1.00. The monoisotopic (exact) mass is 493 g/mol. The Morgan fingerprint density at radius 1 is 1.00 bits per heavy atom. The molecule has 1 N–H and O–H groups in total. The lowest BCUT2D eigenvalue weighted by molar-refractivity contribution is -0.256. The van der Waals surface area contributed by atoms with Gasteiger partial charge < -0.3 is 28.3 Å². The first kappa shape index (κ1) is 27.1. The molecule has 5 radical (unpaired) electrons. The molecule has 0 bridgehead atoms. The van der Waals surface area contributed by atoms with Gasteiger partial charge in [-0.25, -0.2) is 0 Å². The Morgan fingerprint density at radius 3 is 2.22 bits per heavy atom. The van der Waals surface area contributed by atoms with Crippen LogP contribution in [0.4, 0.5) is 0 Å². The minimum absolute atomic E-state index is 0.295. The third-order valence-corrected chi connectivity index (χ3v) is 7.20. The average Bonchev–Trinajstić information content (AvgIpc) is 2.80. The van der Waals surface area contributed by atoms with E-state index in [4.69, 9.17) is 38.3 Å². The summed E-state index contributed by atoms with van der Waals surface area (Å²) in [5.74, 6) is 0. The average molecular weight is 493 g/mol. The summed E-state index contributed by atoms with van der Waals surface area (Å²) in [6, 6.07) is 9.78. The van der Waals surface area contributed by atoms with Crippen LogP contribution in [-0.4, -0.2) is 69.7 Å². The van der Waals surface area contributed by atoms with E-state index < -0.39 is 36.6 Å². The molecule has 0 aromatic heterocycles. The molecule has 0 aliphatic heterocycles. The molecule has 0 saturated heterocycles. The van der Waals surface area contributed by atoms with Crippen LogP contribution in [0, 0.1) is 0 Å². The van der Waals surface area contributed by atoms with E-state index in [1.54, 1.807) is 0 Å². The van der Waals surface area contributed by atoms with Gasteiger partial charge in [0.1, 0.15) is 45.7 Å². The zero-order valence-corrected chi connectivity index (χ0v) is 21.5. The summed E-state index contributed by atoms with van der Waals surface area (Å²) in [6.45, 7) is 2.41. The highest BCUT2D eigenvalue weighted by molar-refractivity contribution is 7.62. The van der Waals surface area contributed by atoms with Crippen LogP contribution in [-0.2, 0) is 29.8 Å². The first-order chi connectivity index (χ1) is 15.5. The summed E-state index contributed by atoms with van der Waals surface area (Å²) in [5.41, 5.74) is 0.634. The second-order valence-electron chi connectivity index (χ2n) is 8.48. The molecule has 12 heteroatoms. The maximum Gasteiger partial charge on any atom is 0.318 e. The summed E-state index contributed by atoms with van der Waals surface area (Å²) >= 11 is 0. The molecular formula is C20H31B3O6P3. The van der Waals surface area contributed by atoms with Crippen LogP contribution >= 0.6 is 26.5 Å². The number of aliphatic hydroxyl groups is 1. The molecule has 0 amide bonds. The van der Waals surface area contributed by atoms with E-state index in [1.165, 1.54) is 13.6 Å². The van der Waals surface area contributed by atoms with Crippen molar-refractivity contribution in [1.82, 2.24) is 0 Å². The molecule has 2 aliphatic rings. The molecule has 6 nitrogen and oxygen atoms in total. The predicted molar refractivity (Wildman–Crippen MR) is 136 cm³/mol. The van der Waals surface area contributed by atoms with Crippen molar-refractivity contribution in [2.24, 2.45) is 0 Å². The number of benzene rings is 1. The van der Waals surface area contributed by atoms with E-state index in [9.17, 15) is 5.11 Å². The maximum atomic E-state index is 11.5. The van der Waals surface area contributed by atoms with Gasteiger partial charge in [-0.05, 0) is 42.7 Å². The van der Waals surface area contributed by atoms with E-state index in [0.29, 0.717) is 6.61 Å². The molecule has 1 aromatic carbocycles. The Morgan fingerprint density at radius 2 is 1.62 bits per heavy atom. The molecule has 9 atom stereocenters. The van der Waals surface area contributed by atoms with Gasteiger partial charge in [-0.15, -0.1) is 9.12 Å². The lowest BCUT2D eigenvalue weighted by Crippen LogP contribution is -2.67. The quantitative estimate of drug-likeness (QED) is 0.378. The van der Waals surface area contributed by atoms with E-state index in [2.05, 4.69) is 16.0 Å². The van der Waals surface area contributed by atoms with Gasteiger partial charge in [0.15, 0.2) is 0 Å². The third-order valence-electron chi connectivity index (χ3n) is 6.23. The smallest absolute Gasteiger partial charge is 0.318 e. The summed E-state index contributed by atoms with van der Waals surface area (Å²) < 4.78 is 30.5. The second-order valence-corrected chi connectivity index (χ2v) is 9.70. The van der Waals surface area contributed by atoms with Gasteiger partial charge in [-0.2, -0.15) is 0 Å². The molecule has 1 aromatic rings. The molecule has 2 saturated carbocycles. The van der Waals surface area contributed by atoms with Crippen LogP contribution in [0.25, 0.3) is 0 Å². The summed E-state index contributed by atoms with van der Waals surface area (Å²) in [4.78, 5) is 0. The maximum absolute atomic E-state index is 11.5. The van der Waals surface area contributed by atoms with Crippen molar-refractivity contribution in [3.8, 4) is 0 Å². The minimum Gasteiger partial charge on any atom is -0.427 e. The SMILES string of the molecule is [B]POC1C(OCc2ccccc2)C(O)C(OC2(C)CCCCC2)C(O[B]P)C1OP[B]. The van der Waals surface area contributed by atoms with Crippen LogP contribution in [0.15, 0.2) is 30.3 Å². The first-order valence-corrected chi connectivity index (χ1v) is 13.6. The molecular weight excluding hydrogens is 462 g/mol. The highest BCUT2D eigenvalue weighted by atomic mass is 31.1. The van der Waals surface area contributed by atoms with Gasteiger partial charge in [-0.1, -0.05) is 49.6 Å². The van der Waals surface area contributed by atoms with Gasteiger partial charge in [0, 0.05) is 0 Å². The third kappa shape index (κ3) is 7.00. The van der Waals surface area contributed by atoms with E-state index in [0.717, 1.165) is 31.2 Å². The highest BCUT2D eigenvalue weighted by Gasteiger charge is 2.54. The molecule has 0 heterocycles. The van der Waals surface area contributed by atoms with Crippen molar-refractivity contribution < 1.29 is 28.3 Å². The normalized spacial score (nSPS) is 33.2. The summed E-state index contributed by atoms with van der Waals surface area (Å²) in [7, 11) is 14.9. The lowest BCUT2D eigenvalue weighted by atomic mass is 9.81. The van der Waals surface area contributed by atoms with Crippen molar-refractivity contribution in [3.63, 3.8) is 0 Å². The topological polar surface area (TPSA) is 66.4 Å². The molecule has 0 spiro atoms. The first-order valence-electron chi connectivity index (χ1n) is 11.0. The van der Waals surface area contributed by atoms with Crippen LogP contribution < -0.4 is 0 Å². The zero-order chi connectivity index (χ0) is 23.0. The molecule has 171 valence electrons. The number of aliphatic hydroxyl groups excluding tert-OH is 1. The Kier molecular flexibility index (Phi) is 11.4. The van der Waals surface area contributed by atoms with E-state index in [1.807, 2.05) is 30.3 Å². The van der Waals surface area contributed by atoms with E-state index in [-0.39, 0.29) is 23.0 Å². The van der Waals surface area contributed by atoms with Gasteiger partial charge >= 0.3 is 7.20 Å². The van der Waals surface area contributed by atoms with Gasteiger partial charge in [0.05, 0.1) is 18.3 Å². The molecule has 2 aliphatic carbocycles. The van der Waals surface area contributed by atoms with Crippen molar-refractivity contribution in [2.45, 2.75) is 87.9 Å². The Hall–Kier alpha value is 0.465. The predicted octanol–water partition coefficient (Wildman–Crippen LogP) is 2.97. The second kappa shape index (κ2) is 13.5. The number of rotatable bonds is 11. The van der Waals surface area contributed by atoms with Crippen molar-refractivity contribution >= 4 is 48.8 Å². The van der Waals surface area contributed by atoms with E-state index >= 15 is 0 Å². The molecule has 2 fully saturated rings. The lowest BCUT2D eigenvalue weighted by Gasteiger charge is -2.51. The fourth-order valence-electron chi connectivity index (χ4n) is 4.65. The molecule has 3 rings (SSSR count). The van der Waals surface area contributed by atoms with Crippen molar-refractivity contribution in [2.75, 3.05) is 0 Å². The number of hydrogen-bond donors (Lipinski definition) is 1. The largest absolute Gasteiger partial charge is 0.427 e. The standard InChI is InChI=1S/C20H31B3O6P3/c1-20(10-6-3-7-11-20)26-16-14(24)15(25-12-13-8-4-2-5-9-13)18(28-31-21)19(29-32-22)17(16)27-23-30/h2,4-5,8-9,14-19,24,31-32H,3,6-7,10-12,30H2,1H3. The van der Waals surface area contributed by atoms with Gasteiger partial charge in [0.25, 0.3) is 0 Å². The van der Waals surface area contributed by atoms with Crippen LogP contribution in [0.5, 0.6) is 0 Å². The van der Waals surface area contributed by atoms with Gasteiger partial charge in [-0.3, -0.25) is 0 Å². The molecule has 32 heavy (non-hydrogen) atoms. The van der Waals surface area contributed by atoms with Gasteiger partial charge in [0.2, 0.25) is 0 Å². The van der Waals surface area contributed by atoms with Crippen molar-refractivity contribution in [1.29, 1.82) is 0 Å². The highest BCUT2D eigenvalue weighted by Crippen LogP contribution is 2.40. The van der Waals surface area contributed by atoms with Crippen molar-refractivity contribution in [3.05, 3.63) is 35.9 Å². The molecule has 9 unspecified atom stereocenters. The fourth-order valence-corrected chi connectivity index (χ4v) is 5.68.